The number of rotatable bonds is 8. The highest BCUT2D eigenvalue weighted by atomic mass is 16.2. The van der Waals surface area contributed by atoms with E-state index in [1.165, 1.54) is 4.90 Å². The number of aliphatic imine (C=N–C) groups is 1. The summed E-state index contributed by atoms with van der Waals surface area (Å²) < 4.78 is 0. The number of nitrogens with one attached hydrogen (secondary N) is 3. The van der Waals surface area contributed by atoms with Gasteiger partial charge in [-0.25, -0.2) is 9.79 Å². The standard InChI is InChI=1S/C14H27N7O3/c1-3-17-6-4-5-9(15)7-11(22)21(2)10-8-18-14(19-12(10)23)20-13(16)24/h9-10,17H,3-8,15H2,1-2H3,(H4,16,18,19,20,23,24)/t9-,10-/m0/s1. The lowest BCUT2D eigenvalue weighted by Crippen LogP contribution is -2.58. The van der Waals surface area contributed by atoms with Crippen molar-refractivity contribution in [1.82, 2.24) is 20.9 Å². The number of nitrogens with two attached hydrogens (primary N) is 2. The fourth-order valence-electron chi connectivity index (χ4n) is 2.30. The summed E-state index contributed by atoms with van der Waals surface area (Å²) in [6.07, 6.45) is 1.79. The summed E-state index contributed by atoms with van der Waals surface area (Å²) in [5.41, 5.74) is 10.9. The summed E-state index contributed by atoms with van der Waals surface area (Å²) in [7, 11) is 1.54. The van der Waals surface area contributed by atoms with Crippen LogP contribution in [-0.2, 0) is 9.59 Å². The van der Waals surface area contributed by atoms with E-state index in [2.05, 4.69) is 20.9 Å². The third-order valence-corrected chi connectivity index (χ3v) is 3.68. The second kappa shape index (κ2) is 9.83. The van der Waals surface area contributed by atoms with E-state index in [1.54, 1.807) is 7.05 Å². The van der Waals surface area contributed by atoms with Crippen molar-refractivity contribution in [3.8, 4) is 0 Å². The van der Waals surface area contributed by atoms with Gasteiger partial charge in [-0.3, -0.25) is 20.2 Å². The fraction of sp³-hybridized carbons (Fsp3) is 0.714. The number of hydrogen-bond acceptors (Lipinski definition) is 6. The number of guanidine groups is 1. The van der Waals surface area contributed by atoms with Crippen molar-refractivity contribution in [2.75, 3.05) is 26.7 Å². The van der Waals surface area contributed by atoms with E-state index in [1.807, 2.05) is 6.92 Å². The molecule has 1 aliphatic heterocycles. The third-order valence-electron chi connectivity index (χ3n) is 3.68. The van der Waals surface area contributed by atoms with Gasteiger partial charge in [0.1, 0.15) is 6.04 Å². The number of nitrogens with zero attached hydrogens (tertiary/aromatic N) is 2. The van der Waals surface area contributed by atoms with Gasteiger partial charge >= 0.3 is 6.03 Å². The molecule has 0 saturated heterocycles. The van der Waals surface area contributed by atoms with Crippen LogP contribution in [0, 0.1) is 0 Å². The summed E-state index contributed by atoms with van der Waals surface area (Å²) in [4.78, 5) is 40.4. The van der Waals surface area contributed by atoms with E-state index in [0.717, 1.165) is 25.9 Å². The minimum absolute atomic E-state index is 0.00951. The zero-order chi connectivity index (χ0) is 18.1. The summed E-state index contributed by atoms with van der Waals surface area (Å²) >= 11 is 0. The quantitative estimate of drug-likeness (QED) is 0.325. The Morgan fingerprint density at radius 3 is 2.79 bits per heavy atom. The van der Waals surface area contributed by atoms with Gasteiger partial charge in [0, 0.05) is 19.5 Å². The fourth-order valence-corrected chi connectivity index (χ4v) is 2.30. The Balaban J connectivity index is 2.46. The summed E-state index contributed by atoms with van der Waals surface area (Å²) in [6.45, 7) is 3.85. The molecule has 2 atom stereocenters. The number of carbonyl (C=O) groups excluding carboxylic acids is 3. The van der Waals surface area contributed by atoms with Crippen LogP contribution in [0.5, 0.6) is 0 Å². The first-order valence-corrected chi connectivity index (χ1v) is 7.98. The molecule has 1 rings (SSSR count). The van der Waals surface area contributed by atoms with Crippen LogP contribution in [0.2, 0.25) is 0 Å². The minimum Gasteiger partial charge on any atom is -0.351 e. The predicted octanol–water partition coefficient (Wildman–Crippen LogP) is -1.93. The zero-order valence-corrected chi connectivity index (χ0v) is 14.2. The molecule has 7 N–H and O–H groups in total. The highest BCUT2D eigenvalue weighted by Crippen LogP contribution is 2.07. The normalized spacial score (nSPS) is 18.4. The Bertz CT molecular complexity index is 495. The number of urea groups is 1. The maximum Gasteiger partial charge on any atom is 0.318 e. The largest absolute Gasteiger partial charge is 0.351 e. The second-order valence-electron chi connectivity index (χ2n) is 5.65. The van der Waals surface area contributed by atoms with Gasteiger partial charge in [-0.05, 0) is 25.9 Å². The molecule has 0 saturated carbocycles. The molecule has 4 amide bonds. The third kappa shape index (κ3) is 6.50. The molecule has 0 aromatic heterocycles. The molecule has 0 unspecified atom stereocenters. The van der Waals surface area contributed by atoms with Crippen LogP contribution in [-0.4, -0.2) is 67.5 Å². The van der Waals surface area contributed by atoms with Crippen molar-refractivity contribution in [3.05, 3.63) is 0 Å². The summed E-state index contributed by atoms with van der Waals surface area (Å²) in [5.74, 6) is -0.650. The molecule has 136 valence electrons. The van der Waals surface area contributed by atoms with Crippen molar-refractivity contribution < 1.29 is 14.4 Å². The van der Waals surface area contributed by atoms with Crippen LogP contribution in [0.25, 0.3) is 0 Å². The highest BCUT2D eigenvalue weighted by Gasteiger charge is 2.31. The molecule has 10 nitrogen and oxygen atoms in total. The Kier molecular flexibility index (Phi) is 8.13. The SMILES string of the molecule is CCNCCC[C@H](N)CC(=O)N(C)[C@H]1CN=C(NC(N)=O)NC1=O. The van der Waals surface area contributed by atoms with Gasteiger partial charge in [-0.2, -0.15) is 0 Å². The number of carbonyl (C=O) groups is 3. The lowest BCUT2D eigenvalue weighted by Gasteiger charge is -2.30. The van der Waals surface area contributed by atoms with E-state index >= 15 is 0 Å². The molecule has 1 aliphatic rings. The molecule has 1 heterocycles. The Labute approximate surface area is 141 Å². The van der Waals surface area contributed by atoms with Gasteiger partial charge in [0.15, 0.2) is 0 Å². The first-order valence-electron chi connectivity index (χ1n) is 7.98. The lowest BCUT2D eigenvalue weighted by molar-refractivity contribution is -0.138. The monoisotopic (exact) mass is 341 g/mol. The van der Waals surface area contributed by atoms with Crippen LogP contribution in [0.15, 0.2) is 4.99 Å². The van der Waals surface area contributed by atoms with Gasteiger partial charge in [0.25, 0.3) is 5.91 Å². The molecule has 24 heavy (non-hydrogen) atoms. The molecule has 10 heteroatoms. The summed E-state index contributed by atoms with van der Waals surface area (Å²) in [5, 5.41) is 7.79. The van der Waals surface area contributed by atoms with Crippen molar-refractivity contribution in [2.45, 2.75) is 38.3 Å². The first kappa shape index (κ1) is 19.8. The minimum atomic E-state index is -0.819. The van der Waals surface area contributed by atoms with Crippen molar-refractivity contribution in [1.29, 1.82) is 0 Å². The van der Waals surface area contributed by atoms with Crippen molar-refractivity contribution >= 4 is 23.8 Å². The van der Waals surface area contributed by atoms with Gasteiger partial charge in [0.2, 0.25) is 11.9 Å². The smallest absolute Gasteiger partial charge is 0.318 e. The molecular formula is C14H27N7O3. The molecule has 0 spiro atoms. The van der Waals surface area contributed by atoms with Gasteiger partial charge in [-0.15, -0.1) is 0 Å². The maximum absolute atomic E-state index is 12.3. The molecule has 0 bridgehead atoms. The number of likely N-dealkylation sites (N-methyl/N-ethyl adjacent to an activating group) is 1. The van der Waals surface area contributed by atoms with E-state index in [4.69, 9.17) is 11.5 Å². The Hall–Kier alpha value is -2.20. The summed E-state index contributed by atoms with van der Waals surface area (Å²) in [6, 6.07) is -1.80. The van der Waals surface area contributed by atoms with Gasteiger partial charge < -0.3 is 21.7 Å². The van der Waals surface area contributed by atoms with E-state index < -0.39 is 18.0 Å². The van der Waals surface area contributed by atoms with Crippen LogP contribution in [0.4, 0.5) is 4.79 Å². The topological polar surface area (TPSA) is 155 Å². The van der Waals surface area contributed by atoms with Gasteiger partial charge in [-0.1, -0.05) is 6.92 Å². The number of primary amides is 1. The number of hydrogen-bond donors (Lipinski definition) is 5. The Morgan fingerprint density at radius 1 is 1.50 bits per heavy atom. The maximum atomic E-state index is 12.3. The molecular weight excluding hydrogens is 314 g/mol. The second-order valence-corrected chi connectivity index (χ2v) is 5.65. The highest BCUT2D eigenvalue weighted by molar-refractivity contribution is 6.07. The average Bonchev–Trinajstić information content (AvgIpc) is 2.50. The molecule has 0 radical (unpaired) electrons. The van der Waals surface area contributed by atoms with E-state index in [-0.39, 0.29) is 30.9 Å². The molecule has 0 aliphatic carbocycles. The average molecular weight is 341 g/mol. The Morgan fingerprint density at radius 2 is 2.21 bits per heavy atom. The van der Waals surface area contributed by atoms with Crippen LogP contribution in [0.1, 0.15) is 26.2 Å². The lowest BCUT2D eigenvalue weighted by atomic mass is 10.1. The number of amides is 4. The molecule has 0 aromatic rings. The predicted molar refractivity (Wildman–Crippen MR) is 90.1 cm³/mol. The van der Waals surface area contributed by atoms with Crippen LogP contribution in [0.3, 0.4) is 0 Å². The van der Waals surface area contributed by atoms with Gasteiger partial charge in [0.05, 0.1) is 6.54 Å². The van der Waals surface area contributed by atoms with E-state index in [0.29, 0.717) is 0 Å². The van der Waals surface area contributed by atoms with Crippen molar-refractivity contribution in [2.24, 2.45) is 16.5 Å². The van der Waals surface area contributed by atoms with E-state index in [9.17, 15) is 14.4 Å². The van der Waals surface area contributed by atoms with Crippen LogP contribution >= 0.6 is 0 Å². The van der Waals surface area contributed by atoms with Crippen LogP contribution < -0.4 is 27.4 Å². The first-order chi connectivity index (χ1) is 11.3. The molecule has 0 aromatic carbocycles. The zero-order valence-electron chi connectivity index (χ0n) is 14.2. The molecule has 0 fully saturated rings. The van der Waals surface area contributed by atoms with Crippen molar-refractivity contribution in [3.63, 3.8) is 0 Å².